The van der Waals surface area contributed by atoms with Gasteiger partial charge in [0.2, 0.25) is 17.7 Å². The minimum atomic E-state index is -1.16. The zero-order valence-electron chi connectivity index (χ0n) is 17.4. The zero-order valence-corrected chi connectivity index (χ0v) is 17.4. The largest absolute Gasteiger partial charge is 0.480 e. The molecule has 160 valence electrons. The lowest BCUT2D eigenvalue weighted by atomic mass is 9.99. The summed E-state index contributed by atoms with van der Waals surface area (Å²) in [5, 5.41) is 19.9. The average molecular weight is 399 g/mol. The molecule has 9 nitrogen and oxygen atoms in total. The Kier molecular flexibility index (Phi) is 9.37. The molecule has 1 heterocycles. The van der Waals surface area contributed by atoms with Crippen molar-refractivity contribution < 1.29 is 24.3 Å². The van der Waals surface area contributed by atoms with E-state index in [1.807, 2.05) is 13.8 Å². The minimum absolute atomic E-state index is 0.158. The van der Waals surface area contributed by atoms with Crippen molar-refractivity contribution in [1.82, 2.24) is 21.3 Å². The van der Waals surface area contributed by atoms with Gasteiger partial charge in [0.15, 0.2) is 0 Å². The van der Waals surface area contributed by atoms with Crippen LogP contribution in [0.1, 0.15) is 53.9 Å². The Morgan fingerprint density at radius 1 is 1.00 bits per heavy atom. The molecule has 1 fully saturated rings. The Bertz CT molecular complexity index is 573. The molecule has 0 saturated carbocycles. The van der Waals surface area contributed by atoms with Crippen LogP contribution in [0.3, 0.4) is 0 Å². The Morgan fingerprint density at radius 2 is 1.64 bits per heavy atom. The van der Waals surface area contributed by atoms with Gasteiger partial charge in [-0.25, -0.2) is 0 Å². The summed E-state index contributed by atoms with van der Waals surface area (Å²) >= 11 is 0. The van der Waals surface area contributed by atoms with E-state index in [-0.39, 0.29) is 23.8 Å². The molecule has 9 heteroatoms. The van der Waals surface area contributed by atoms with Gasteiger partial charge >= 0.3 is 5.97 Å². The number of carboxylic acids is 1. The Morgan fingerprint density at radius 3 is 2.11 bits per heavy atom. The average Bonchev–Trinajstić information content (AvgIpc) is 3.12. The van der Waals surface area contributed by atoms with Gasteiger partial charge in [-0.2, -0.15) is 0 Å². The van der Waals surface area contributed by atoms with E-state index in [4.69, 9.17) is 5.11 Å². The Balaban J connectivity index is 2.82. The smallest absolute Gasteiger partial charge is 0.325 e. The van der Waals surface area contributed by atoms with Crippen LogP contribution in [0.15, 0.2) is 0 Å². The van der Waals surface area contributed by atoms with Crippen LogP contribution in [-0.2, 0) is 19.2 Å². The number of amides is 3. The van der Waals surface area contributed by atoms with E-state index >= 15 is 0 Å². The van der Waals surface area contributed by atoms with E-state index in [0.29, 0.717) is 6.42 Å². The van der Waals surface area contributed by atoms with Gasteiger partial charge in [-0.15, -0.1) is 0 Å². The van der Waals surface area contributed by atoms with E-state index in [2.05, 4.69) is 21.3 Å². The first kappa shape index (κ1) is 23.9. The van der Waals surface area contributed by atoms with Crippen molar-refractivity contribution in [2.24, 2.45) is 11.8 Å². The SMILES string of the molecule is CC(C)CC(NC(=O)C1CCCN1)C(=O)NC(C(=O)NC(C)C(=O)O)C(C)C. The fraction of sp³-hybridized carbons (Fsp3) is 0.789. The maximum Gasteiger partial charge on any atom is 0.325 e. The van der Waals surface area contributed by atoms with Gasteiger partial charge in [0.05, 0.1) is 6.04 Å². The van der Waals surface area contributed by atoms with Gasteiger partial charge < -0.3 is 26.4 Å². The van der Waals surface area contributed by atoms with Crippen molar-refractivity contribution in [3.63, 3.8) is 0 Å². The summed E-state index contributed by atoms with van der Waals surface area (Å²) in [6.45, 7) is 9.54. The topological polar surface area (TPSA) is 137 Å². The number of hydrogen-bond acceptors (Lipinski definition) is 5. The van der Waals surface area contributed by atoms with Gasteiger partial charge in [0.25, 0.3) is 0 Å². The van der Waals surface area contributed by atoms with Gasteiger partial charge in [-0.1, -0.05) is 27.7 Å². The third-order valence-corrected chi connectivity index (χ3v) is 4.69. The first-order chi connectivity index (χ1) is 13.0. The summed E-state index contributed by atoms with van der Waals surface area (Å²) in [6.07, 6.45) is 2.07. The first-order valence-corrected chi connectivity index (χ1v) is 9.90. The minimum Gasteiger partial charge on any atom is -0.480 e. The zero-order chi connectivity index (χ0) is 21.4. The second-order valence-electron chi connectivity index (χ2n) is 8.14. The van der Waals surface area contributed by atoms with Gasteiger partial charge in [0.1, 0.15) is 18.1 Å². The molecular formula is C19H34N4O5. The molecule has 3 amide bonds. The van der Waals surface area contributed by atoms with E-state index in [9.17, 15) is 19.2 Å². The lowest BCUT2D eigenvalue weighted by Crippen LogP contribution is -2.58. The highest BCUT2D eigenvalue weighted by molar-refractivity contribution is 5.94. The molecule has 1 saturated heterocycles. The fourth-order valence-electron chi connectivity index (χ4n) is 3.04. The lowest BCUT2D eigenvalue weighted by molar-refractivity contribution is -0.142. The number of carboxylic acid groups (broad SMARTS) is 1. The predicted molar refractivity (Wildman–Crippen MR) is 104 cm³/mol. The van der Waals surface area contributed by atoms with Crippen LogP contribution < -0.4 is 21.3 Å². The van der Waals surface area contributed by atoms with E-state index in [1.165, 1.54) is 6.92 Å². The molecule has 1 rings (SSSR count). The lowest BCUT2D eigenvalue weighted by Gasteiger charge is -2.27. The molecule has 0 aromatic heterocycles. The standard InChI is InChI=1S/C19H34N4O5/c1-10(2)9-14(22-16(24)13-7-6-8-20-13)17(25)23-15(11(3)4)18(26)21-12(5)19(27)28/h10-15,20H,6-9H2,1-5H3,(H,21,26)(H,22,24)(H,23,25)(H,27,28). The van der Waals surface area contributed by atoms with E-state index in [1.54, 1.807) is 13.8 Å². The second-order valence-corrected chi connectivity index (χ2v) is 8.14. The molecule has 0 aromatic carbocycles. The van der Waals surface area contributed by atoms with Crippen LogP contribution >= 0.6 is 0 Å². The summed E-state index contributed by atoms with van der Waals surface area (Å²) in [4.78, 5) is 48.6. The van der Waals surface area contributed by atoms with E-state index in [0.717, 1.165) is 19.4 Å². The van der Waals surface area contributed by atoms with Crippen LogP contribution in [0.5, 0.6) is 0 Å². The highest BCUT2D eigenvalue weighted by atomic mass is 16.4. The third kappa shape index (κ3) is 7.46. The van der Waals surface area contributed by atoms with Crippen LogP contribution in [0.25, 0.3) is 0 Å². The summed E-state index contributed by atoms with van der Waals surface area (Å²) in [5.74, 6) is -2.48. The number of nitrogens with one attached hydrogen (secondary N) is 4. The molecular weight excluding hydrogens is 364 g/mol. The van der Waals surface area contributed by atoms with Crippen LogP contribution in [0.2, 0.25) is 0 Å². The quantitative estimate of drug-likeness (QED) is 0.351. The van der Waals surface area contributed by atoms with Crippen molar-refractivity contribution >= 4 is 23.7 Å². The van der Waals surface area contributed by atoms with E-state index < -0.39 is 35.9 Å². The molecule has 28 heavy (non-hydrogen) atoms. The molecule has 0 bridgehead atoms. The summed E-state index contributed by atoms with van der Waals surface area (Å²) in [5.41, 5.74) is 0. The van der Waals surface area contributed by atoms with Gasteiger partial charge in [-0.05, 0) is 44.6 Å². The number of carbonyl (C=O) groups is 4. The molecule has 4 unspecified atom stereocenters. The maximum atomic E-state index is 12.8. The normalized spacial score (nSPS) is 19.8. The van der Waals surface area contributed by atoms with Crippen LogP contribution in [0.4, 0.5) is 0 Å². The highest BCUT2D eigenvalue weighted by Gasteiger charge is 2.32. The highest BCUT2D eigenvalue weighted by Crippen LogP contribution is 2.10. The molecule has 1 aliphatic rings. The molecule has 0 aromatic rings. The van der Waals surface area contributed by atoms with Gasteiger partial charge in [0, 0.05) is 0 Å². The first-order valence-electron chi connectivity index (χ1n) is 9.90. The molecule has 1 aliphatic heterocycles. The monoisotopic (exact) mass is 398 g/mol. The number of aliphatic carboxylic acids is 1. The number of rotatable bonds is 10. The fourth-order valence-corrected chi connectivity index (χ4v) is 3.04. The molecule has 4 atom stereocenters. The molecule has 5 N–H and O–H groups in total. The summed E-state index contributed by atoms with van der Waals surface area (Å²) in [6, 6.07) is -3.03. The number of hydrogen-bond donors (Lipinski definition) is 5. The number of carbonyl (C=O) groups excluding carboxylic acids is 3. The Hall–Kier alpha value is -2.16. The van der Waals surface area contributed by atoms with Gasteiger partial charge in [-0.3, -0.25) is 19.2 Å². The maximum absolute atomic E-state index is 12.8. The van der Waals surface area contributed by atoms with Crippen molar-refractivity contribution in [3.05, 3.63) is 0 Å². The predicted octanol–water partition coefficient (Wildman–Crippen LogP) is -0.000600. The summed E-state index contributed by atoms with van der Waals surface area (Å²) < 4.78 is 0. The molecule has 0 spiro atoms. The van der Waals surface area contributed by atoms with Crippen LogP contribution in [0, 0.1) is 11.8 Å². The molecule has 0 radical (unpaired) electrons. The summed E-state index contributed by atoms with van der Waals surface area (Å²) in [7, 11) is 0. The van der Waals surface area contributed by atoms with Crippen molar-refractivity contribution in [3.8, 4) is 0 Å². The van der Waals surface area contributed by atoms with Crippen molar-refractivity contribution in [2.75, 3.05) is 6.54 Å². The van der Waals surface area contributed by atoms with Crippen LogP contribution in [-0.4, -0.2) is 59.5 Å². The van der Waals surface area contributed by atoms with Crippen molar-refractivity contribution in [1.29, 1.82) is 0 Å². The Labute approximate surface area is 166 Å². The molecule has 0 aliphatic carbocycles. The second kappa shape index (κ2) is 11.0. The third-order valence-electron chi connectivity index (χ3n) is 4.69. The van der Waals surface area contributed by atoms with Crippen molar-refractivity contribution in [2.45, 2.75) is 78.0 Å².